The third-order valence-electron chi connectivity index (χ3n) is 4.53. The summed E-state index contributed by atoms with van der Waals surface area (Å²) in [7, 11) is 0. The highest BCUT2D eigenvalue weighted by Gasteiger charge is 2.32. The standard InChI is InChI=1S/C20H17F2N3OS/c1-11-3-6-14(7-4-11)25-20-18(12(2)24-25)19(27-10-17(26)23-20)15-8-5-13(21)9-16(15)22/h3-9,19H,10H2,1-2H3,(H,23,26)/t19-/m0/s1. The molecule has 1 aliphatic rings. The van der Waals surface area contributed by atoms with Crippen molar-refractivity contribution in [3.63, 3.8) is 0 Å². The Morgan fingerprint density at radius 1 is 1.15 bits per heavy atom. The molecule has 4 rings (SSSR count). The van der Waals surface area contributed by atoms with Gasteiger partial charge in [-0.1, -0.05) is 23.8 Å². The van der Waals surface area contributed by atoms with E-state index in [2.05, 4.69) is 10.4 Å². The predicted molar refractivity (Wildman–Crippen MR) is 102 cm³/mol. The third-order valence-corrected chi connectivity index (χ3v) is 5.78. The Morgan fingerprint density at radius 2 is 1.89 bits per heavy atom. The van der Waals surface area contributed by atoms with Crippen LogP contribution in [0.2, 0.25) is 0 Å². The molecule has 0 spiro atoms. The van der Waals surface area contributed by atoms with E-state index < -0.39 is 16.9 Å². The van der Waals surface area contributed by atoms with E-state index in [1.807, 2.05) is 38.1 Å². The van der Waals surface area contributed by atoms with Crippen molar-refractivity contribution in [1.29, 1.82) is 0 Å². The largest absolute Gasteiger partial charge is 0.310 e. The summed E-state index contributed by atoms with van der Waals surface area (Å²) in [5, 5.41) is 7.02. The number of anilines is 1. The van der Waals surface area contributed by atoms with Gasteiger partial charge in [0.1, 0.15) is 17.5 Å². The molecule has 0 saturated carbocycles. The number of amides is 1. The molecule has 0 radical (unpaired) electrons. The number of hydrogen-bond donors (Lipinski definition) is 1. The maximum Gasteiger partial charge on any atom is 0.235 e. The molecule has 4 nitrogen and oxygen atoms in total. The van der Waals surface area contributed by atoms with Crippen LogP contribution in [0.3, 0.4) is 0 Å². The number of fused-ring (bicyclic) bond motifs is 1. The number of aromatic nitrogens is 2. The predicted octanol–water partition coefficient (Wildman–Crippen LogP) is 4.54. The molecule has 0 fully saturated rings. The summed E-state index contributed by atoms with van der Waals surface area (Å²) in [5.41, 5.74) is 3.67. The highest BCUT2D eigenvalue weighted by molar-refractivity contribution is 8.00. The van der Waals surface area contributed by atoms with E-state index in [0.717, 1.165) is 22.9 Å². The number of nitrogens with zero attached hydrogens (tertiary/aromatic N) is 2. The van der Waals surface area contributed by atoms with Crippen LogP contribution in [-0.2, 0) is 4.79 Å². The number of thioether (sulfide) groups is 1. The van der Waals surface area contributed by atoms with E-state index >= 15 is 0 Å². The lowest BCUT2D eigenvalue weighted by molar-refractivity contribution is -0.113. The van der Waals surface area contributed by atoms with Gasteiger partial charge in [0.05, 0.1) is 22.4 Å². The van der Waals surface area contributed by atoms with Crippen molar-refractivity contribution < 1.29 is 13.6 Å². The van der Waals surface area contributed by atoms with E-state index in [1.54, 1.807) is 4.68 Å². The Balaban J connectivity index is 1.90. The molecule has 1 aromatic heterocycles. The van der Waals surface area contributed by atoms with Crippen LogP contribution >= 0.6 is 11.8 Å². The minimum absolute atomic E-state index is 0.170. The fourth-order valence-electron chi connectivity index (χ4n) is 3.22. The molecule has 2 aromatic carbocycles. The van der Waals surface area contributed by atoms with Gasteiger partial charge in [-0.25, -0.2) is 13.5 Å². The molecule has 27 heavy (non-hydrogen) atoms. The van der Waals surface area contributed by atoms with Gasteiger partial charge in [-0.2, -0.15) is 5.10 Å². The van der Waals surface area contributed by atoms with E-state index in [-0.39, 0.29) is 11.7 Å². The van der Waals surface area contributed by atoms with Gasteiger partial charge in [-0.3, -0.25) is 4.79 Å². The molecule has 1 N–H and O–H groups in total. The lowest BCUT2D eigenvalue weighted by Gasteiger charge is -2.16. The van der Waals surface area contributed by atoms with Gasteiger partial charge in [0, 0.05) is 17.2 Å². The molecule has 3 aromatic rings. The second-order valence-electron chi connectivity index (χ2n) is 6.50. The van der Waals surface area contributed by atoms with Crippen molar-refractivity contribution in [2.45, 2.75) is 19.1 Å². The smallest absolute Gasteiger partial charge is 0.235 e. The average molecular weight is 385 g/mol. The van der Waals surface area contributed by atoms with Gasteiger partial charge in [-0.15, -0.1) is 11.8 Å². The zero-order valence-electron chi connectivity index (χ0n) is 14.8. The van der Waals surface area contributed by atoms with Crippen molar-refractivity contribution in [1.82, 2.24) is 9.78 Å². The van der Waals surface area contributed by atoms with Gasteiger partial charge in [0.2, 0.25) is 5.91 Å². The summed E-state index contributed by atoms with van der Waals surface area (Å²) in [4.78, 5) is 12.3. The molecule has 1 atom stereocenters. The maximum atomic E-state index is 14.5. The number of hydrogen-bond acceptors (Lipinski definition) is 3. The minimum atomic E-state index is -0.629. The van der Waals surface area contributed by atoms with Crippen LogP contribution in [0.5, 0.6) is 0 Å². The highest BCUT2D eigenvalue weighted by atomic mass is 32.2. The summed E-state index contributed by atoms with van der Waals surface area (Å²) in [6.45, 7) is 3.82. The van der Waals surface area contributed by atoms with Crippen LogP contribution in [-0.4, -0.2) is 21.4 Å². The van der Waals surface area contributed by atoms with Gasteiger partial charge >= 0.3 is 0 Å². The van der Waals surface area contributed by atoms with Crippen molar-refractivity contribution in [2.24, 2.45) is 0 Å². The molecule has 0 saturated heterocycles. The van der Waals surface area contributed by atoms with Crippen LogP contribution in [0.15, 0.2) is 42.5 Å². The molecule has 1 amide bonds. The molecule has 7 heteroatoms. The number of carbonyl (C=O) groups excluding carboxylic acids is 1. The lowest BCUT2D eigenvalue weighted by Crippen LogP contribution is -2.15. The zero-order valence-corrected chi connectivity index (χ0v) is 15.6. The first-order valence-electron chi connectivity index (χ1n) is 8.47. The number of rotatable bonds is 2. The summed E-state index contributed by atoms with van der Waals surface area (Å²) in [6.07, 6.45) is 0. The second-order valence-corrected chi connectivity index (χ2v) is 7.59. The SMILES string of the molecule is Cc1ccc(-n2nc(C)c3c2NC(=O)CS[C@H]3c2ccc(F)cc2F)cc1. The van der Waals surface area contributed by atoms with Gasteiger partial charge in [0.25, 0.3) is 0 Å². The number of carbonyl (C=O) groups is 1. The van der Waals surface area contributed by atoms with Crippen LogP contribution in [0.4, 0.5) is 14.6 Å². The molecule has 2 heterocycles. The zero-order chi connectivity index (χ0) is 19.1. The van der Waals surface area contributed by atoms with Crippen molar-refractivity contribution in [2.75, 3.05) is 11.1 Å². The Labute approximate surface area is 159 Å². The quantitative estimate of drug-likeness (QED) is 0.704. The Hall–Kier alpha value is -2.67. The normalized spacial score (nSPS) is 16.6. The minimum Gasteiger partial charge on any atom is -0.310 e. The van der Waals surface area contributed by atoms with Gasteiger partial charge in [0.15, 0.2) is 0 Å². The van der Waals surface area contributed by atoms with E-state index in [1.165, 1.54) is 23.9 Å². The van der Waals surface area contributed by atoms with Crippen molar-refractivity contribution in [3.8, 4) is 5.69 Å². The highest BCUT2D eigenvalue weighted by Crippen LogP contribution is 2.44. The molecule has 0 bridgehead atoms. The summed E-state index contributed by atoms with van der Waals surface area (Å²) in [5.74, 6) is -0.741. The van der Waals surface area contributed by atoms with Crippen LogP contribution in [0.1, 0.15) is 27.6 Å². The van der Waals surface area contributed by atoms with Crippen LogP contribution in [0, 0.1) is 25.5 Å². The first-order valence-corrected chi connectivity index (χ1v) is 9.52. The fourth-order valence-corrected chi connectivity index (χ4v) is 4.43. The lowest BCUT2D eigenvalue weighted by atomic mass is 10.0. The first kappa shape index (κ1) is 17.7. The first-order chi connectivity index (χ1) is 12.9. The summed E-state index contributed by atoms with van der Waals surface area (Å²) >= 11 is 1.31. The Kier molecular flexibility index (Phi) is 4.47. The number of halogens is 2. The number of nitrogens with one attached hydrogen (secondary N) is 1. The Bertz CT molecular complexity index is 1030. The third kappa shape index (κ3) is 3.23. The van der Waals surface area contributed by atoms with E-state index in [9.17, 15) is 13.6 Å². The van der Waals surface area contributed by atoms with Crippen molar-refractivity contribution in [3.05, 3.63) is 76.5 Å². The van der Waals surface area contributed by atoms with Crippen molar-refractivity contribution >= 4 is 23.5 Å². The summed E-state index contributed by atoms with van der Waals surface area (Å²) in [6, 6.07) is 11.3. The van der Waals surface area contributed by atoms with Crippen LogP contribution < -0.4 is 5.32 Å². The van der Waals surface area contributed by atoms with Gasteiger partial charge in [-0.05, 0) is 32.0 Å². The molecular weight excluding hydrogens is 368 g/mol. The molecule has 0 unspecified atom stereocenters. The topological polar surface area (TPSA) is 46.9 Å². The Morgan fingerprint density at radius 3 is 2.59 bits per heavy atom. The van der Waals surface area contributed by atoms with E-state index in [0.29, 0.717) is 17.1 Å². The maximum absolute atomic E-state index is 14.5. The molecule has 0 aliphatic carbocycles. The molecule has 138 valence electrons. The number of aryl methyl sites for hydroxylation is 2. The number of benzene rings is 2. The second kappa shape index (κ2) is 6.81. The molecular formula is C20H17F2N3OS. The average Bonchev–Trinajstić information content (AvgIpc) is 2.83. The fraction of sp³-hybridized carbons (Fsp3) is 0.200. The van der Waals surface area contributed by atoms with Crippen LogP contribution in [0.25, 0.3) is 5.69 Å². The van der Waals surface area contributed by atoms with E-state index in [4.69, 9.17) is 0 Å². The van der Waals surface area contributed by atoms with Gasteiger partial charge < -0.3 is 5.32 Å². The molecule has 1 aliphatic heterocycles. The summed E-state index contributed by atoms with van der Waals surface area (Å²) < 4.78 is 29.5. The monoisotopic (exact) mass is 385 g/mol.